The third-order valence-corrected chi connectivity index (χ3v) is 4.11. The van der Waals surface area contributed by atoms with Gasteiger partial charge in [-0.2, -0.15) is 17.4 Å². The van der Waals surface area contributed by atoms with E-state index in [2.05, 4.69) is 10.0 Å². The maximum absolute atomic E-state index is 11.7. The Morgan fingerprint density at radius 3 is 2.29 bits per heavy atom. The van der Waals surface area contributed by atoms with Crippen molar-refractivity contribution in [1.82, 2.24) is 14.3 Å². The van der Waals surface area contributed by atoms with Crippen molar-refractivity contribution < 1.29 is 8.42 Å². The standard InChI is InChI=1S/C8H19N3O2S/c1-8(9-2)10-14(12,13)11-6-4-3-5-7-11/h8-10H,3-7H2,1-2H3. The number of piperidine rings is 1. The van der Waals surface area contributed by atoms with Crippen LogP contribution in [0.3, 0.4) is 0 Å². The van der Waals surface area contributed by atoms with Crippen molar-refractivity contribution in [3.05, 3.63) is 0 Å². The third-order valence-electron chi connectivity index (χ3n) is 2.41. The Bertz CT molecular complexity index is 260. The van der Waals surface area contributed by atoms with Crippen LogP contribution in [0.25, 0.3) is 0 Å². The molecule has 84 valence electrons. The van der Waals surface area contributed by atoms with Crippen LogP contribution in [-0.2, 0) is 10.2 Å². The van der Waals surface area contributed by atoms with E-state index in [1.807, 2.05) is 0 Å². The van der Waals surface area contributed by atoms with Crippen molar-refractivity contribution >= 4 is 10.2 Å². The molecule has 0 aliphatic carbocycles. The van der Waals surface area contributed by atoms with Crippen molar-refractivity contribution in [2.45, 2.75) is 32.4 Å². The predicted molar refractivity (Wildman–Crippen MR) is 56.0 cm³/mol. The van der Waals surface area contributed by atoms with Crippen molar-refractivity contribution in [3.63, 3.8) is 0 Å². The summed E-state index contributed by atoms with van der Waals surface area (Å²) in [6.45, 7) is 3.07. The van der Waals surface area contributed by atoms with Crippen LogP contribution in [0.2, 0.25) is 0 Å². The summed E-state index contributed by atoms with van der Waals surface area (Å²) in [5, 5.41) is 2.84. The van der Waals surface area contributed by atoms with Crippen LogP contribution >= 0.6 is 0 Å². The summed E-state index contributed by atoms with van der Waals surface area (Å²) >= 11 is 0. The highest BCUT2D eigenvalue weighted by atomic mass is 32.2. The molecule has 1 fully saturated rings. The summed E-state index contributed by atoms with van der Waals surface area (Å²) in [6, 6.07) is 0. The molecule has 0 aromatic heterocycles. The minimum Gasteiger partial charge on any atom is -0.304 e. The van der Waals surface area contributed by atoms with E-state index < -0.39 is 10.2 Å². The van der Waals surface area contributed by atoms with E-state index in [1.165, 1.54) is 4.31 Å². The lowest BCUT2D eigenvalue weighted by Gasteiger charge is -2.27. The number of hydrogen-bond acceptors (Lipinski definition) is 3. The second-order valence-electron chi connectivity index (χ2n) is 3.59. The summed E-state index contributed by atoms with van der Waals surface area (Å²) in [6.07, 6.45) is 2.85. The molecule has 1 rings (SSSR count). The Balaban J connectivity index is 2.54. The summed E-state index contributed by atoms with van der Waals surface area (Å²) in [4.78, 5) is 0. The average Bonchev–Trinajstić information content (AvgIpc) is 2.18. The zero-order chi connectivity index (χ0) is 10.6. The molecule has 0 spiro atoms. The Morgan fingerprint density at radius 1 is 1.21 bits per heavy atom. The minimum absolute atomic E-state index is 0.220. The van der Waals surface area contributed by atoms with E-state index in [9.17, 15) is 8.42 Å². The van der Waals surface area contributed by atoms with Crippen LogP contribution in [-0.4, -0.2) is 39.0 Å². The molecular weight excluding hydrogens is 202 g/mol. The molecule has 0 radical (unpaired) electrons. The molecule has 0 amide bonds. The van der Waals surface area contributed by atoms with Gasteiger partial charge in [0.1, 0.15) is 0 Å². The first-order chi connectivity index (χ1) is 6.56. The SMILES string of the molecule is CNC(C)NS(=O)(=O)N1CCCCC1. The highest BCUT2D eigenvalue weighted by Crippen LogP contribution is 2.11. The number of nitrogens with one attached hydrogen (secondary N) is 2. The van der Waals surface area contributed by atoms with E-state index in [1.54, 1.807) is 14.0 Å². The fraction of sp³-hybridized carbons (Fsp3) is 1.00. The topological polar surface area (TPSA) is 61.4 Å². The summed E-state index contributed by atoms with van der Waals surface area (Å²) in [5.41, 5.74) is 0. The molecule has 1 saturated heterocycles. The highest BCUT2D eigenvalue weighted by Gasteiger charge is 2.24. The second-order valence-corrected chi connectivity index (χ2v) is 5.30. The summed E-state index contributed by atoms with van der Waals surface area (Å²) in [7, 11) is -1.55. The fourth-order valence-corrected chi connectivity index (χ4v) is 2.91. The largest absolute Gasteiger partial charge is 0.304 e. The first kappa shape index (κ1) is 11.9. The van der Waals surface area contributed by atoms with E-state index in [0.29, 0.717) is 13.1 Å². The van der Waals surface area contributed by atoms with Crippen LogP contribution in [0.5, 0.6) is 0 Å². The van der Waals surface area contributed by atoms with Gasteiger partial charge in [0.05, 0.1) is 6.17 Å². The molecule has 1 aliphatic rings. The van der Waals surface area contributed by atoms with Gasteiger partial charge >= 0.3 is 0 Å². The van der Waals surface area contributed by atoms with Crippen molar-refractivity contribution in [1.29, 1.82) is 0 Å². The first-order valence-corrected chi connectivity index (χ1v) is 6.45. The van der Waals surface area contributed by atoms with Gasteiger partial charge in [0.15, 0.2) is 0 Å². The van der Waals surface area contributed by atoms with E-state index in [-0.39, 0.29) is 6.17 Å². The van der Waals surface area contributed by atoms with Gasteiger partial charge in [0, 0.05) is 13.1 Å². The Hall–Kier alpha value is -0.170. The van der Waals surface area contributed by atoms with Crippen LogP contribution in [0.1, 0.15) is 26.2 Å². The molecule has 1 unspecified atom stereocenters. The highest BCUT2D eigenvalue weighted by molar-refractivity contribution is 7.87. The molecule has 0 saturated carbocycles. The van der Waals surface area contributed by atoms with E-state index >= 15 is 0 Å². The Labute approximate surface area is 86.0 Å². The van der Waals surface area contributed by atoms with Crippen molar-refractivity contribution in [3.8, 4) is 0 Å². The lowest BCUT2D eigenvalue weighted by molar-refractivity contribution is 0.337. The van der Waals surface area contributed by atoms with Gasteiger partial charge in [-0.05, 0) is 26.8 Å². The quantitative estimate of drug-likeness (QED) is 0.650. The molecule has 1 atom stereocenters. The molecule has 0 aromatic carbocycles. The summed E-state index contributed by atoms with van der Waals surface area (Å²) < 4.78 is 27.5. The maximum atomic E-state index is 11.7. The molecule has 2 N–H and O–H groups in total. The maximum Gasteiger partial charge on any atom is 0.280 e. The third kappa shape index (κ3) is 3.20. The minimum atomic E-state index is -3.27. The lowest BCUT2D eigenvalue weighted by atomic mass is 10.2. The molecular formula is C8H19N3O2S. The zero-order valence-electron chi connectivity index (χ0n) is 8.78. The van der Waals surface area contributed by atoms with Gasteiger partial charge in [0.2, 0.25) is 0 Å². The van der Waals surface area contributed by atoms with Crippen molar-refractivity contribution in [2.75, 3.05) is 20.1 Å². The molecule has 5 nitrogen and oxygen atoms in total. The van der Waals surface area contributed by atoms with Crippen molar-refractivity contribution in [2.24, 2.45) is 0 Å². The predicted octanol–water partition coefficient (Wildman–Crippen LogP) is -0.128. The molecule has 1 aliphatic heterocycles. The van der Waals surface area contributed by atoms with Crippen LogP contribution in [0, 0.1) is 0 Å². The van der Waals surface area contributed by atoms with Gasteiger partial charge in [-0.25, -0.2) is 0 Å². The fourth-order valence-electron chi connectivity index (χ4n) is 1.46. The van der Waals surface area contributed by atoms with E-state index in [0.717, 1.165) is 19.3 Å². The monoisotopic (exact) mass is 221 g/mol. The number of hydrogen-bond donors (Lipinski definition) is 2. The smallest absolute Gasteiger partial charge is 0.280 e. The normalized spacial score (nSPS) is 22.1. The molecule has 0 bridgehead atoms. The molecule has 1 heterocycles. The van der Waals surface area contributed by atoms with E-state index in [4.69, 9.17) is 0 Å². The first-order valence-electron chi connectivity index (χ1n) is 5.01. The molecule has 14 heavy (non-hydrogen) atoms. The van der Waals surface area contributed by atoms with Gasteiger partial charge in [-0.3, -0.25) is 0 Å². The summed E-state index contributed by atoms with van der Waals surface area (Å²) in [5.74, 6) is 0. The van der Waals surface area contributed by atoms with Gasteiger partial charge in [-0.1, -0.05) is 6.42 Å². The number of rotatable bonds is 4. The van der Waals surface area contributed by atoms with Crippen LogP contribution in [0.15, 0.2) is 0 Å². The van der Waals surface area contributed by atoms with Gasteiger partial charge < -0.3 is 5.32 Å². The molecule has 6 heteroatoms. The number of nitrogens with zero attached hydrogens (tertiary/aromatic N) is 1. The van der Waals surface area contributed by atoms with Crippen LogP contribution < -0.4 is 10.0 Å². The average molecular weight is 221 g/mol. The van der Waals surface area contributed by atoms with Crippen LogP contribution in [0.4, 0.5) is 0 Å². The zero-order valence-corrected chi connectivity index (χ0v) is 9.60. The van der Waals surface area contributed by atoms with Gasteiger partial charge in [0.25, 0.3) is 10.2 Å². The Kier molecular flexibility index (Phi) is 4.31. The second kappa shape index (κ2) is 5.06. The lowest BCUT2D eigenvalue weighted by Crippen LogP contribution is -2.49. The molecule has 0 aromatic rings. The van der Waals surface area contributed by atoms with Gasteiger partial charge in [-0.15, -0.1) is 0 Å². The Morgan fingerprint density at radius 2 is 1.79 bits per heavy atom.